The van der Waals surface area contributed by atoms with Crippen molar-refractivity contribution < 1.29 is 38.1 Å². The summed E-state index contributed by atoms with van der Waals surface area (Å²) in [6.07, 6.45) is 1.71. The number of hydrogen-bond donors (Lipinski definition) is 3. The molecule has 180 valence electrons. The van der Waals surface area contributed by atoms with Gasteiger partial charge in [-0.05, 0) is 6.26 Å². The van der Waals surface area contributed by atoms with Crippen molar-refractivity contribution in [1.29, 1.82) is 0 Å². The third kappa shape index (κ3) is 15.7. The van der Waals surface area contributed by atoms with Crippen molar-refractivity contribution in [3.05, 3.63) is 0 Å². The maximum Gasteiger partial charge on any atom is 0.316 e. The van der Waals surface area contributed by atoms with Crippen molar-refractivity contribution >= 4 is 73.5 Å². The molecular formula is C19H32O8S4. The lowest BCUT2D eigenvalue weighted by molar-refractivity contribution is -0.195. The normalized spacial score (nSPS) is 15.7. The lowest BCUT2D eigenvalue weighted by atomic mass is 10.1. The Morgan fingerprint density at radius 2 is 1.06 bits per heavy atom. The molecule has 0 N–H and O–H groups in total. The Labute approximate surface area is 204 Å². The van der Waals surface area contributed by atoms with Crippen LogP contribution in [0.3, 0.4) is 0 Å². The summed E-state index contributed by atoms with van der Waals surface area (Å²) in [5, 5.41) is -0.795. The molecule has 8 nitrogen and oxygen atoms in total. The molecule has 12 heteroatoms. The molecule has 0 aliphatic rings. The van der Waals surface area contributed by atoms with E-state index in [1.54, 1.807) is 27.0 Å². The topological polar surface area (TPSA) is 105 Å². The van der Waals surface area contributed by atoms with Gasteiger partial charge >= 0.3 is 23.9 Å². The molecule has 0 heterocycles. The summed E-state index contributed by atoms with van der Waals surface area (Å²) in [5.41, 5.74) is -1.70. The summed E-state index contributed by atoms with van der Waals surface area (Å²) in [4.78, 5) is 48.3. The van der Waals surface area contributed by atoms with E-state index in [0.29, 0.717) is 0 Å². The molecule has 0 saturated carbocycles. The van der Waals surface area contributed by atoms with Gasteiger partial charge in [-0.1, -0.05) is 20.8 Å². The van der Waals surface area contributed by atoms with Gasteiger partial charge in [-0.3, -0.25) is 19.2 Å². The van der Waals surface area contributed by atoms with Crippen LogP contribution in [0.5, 0.6) is 0 Å². The van der Waals surface area contributed by atoms with Crippen molar-refractivity contribution in [1.82, 2.24) is 0 Å². The van der Waals surface area contributed by atoms with Crippen LogP contribution in [0.25, 0.3) is 0 Å². The van der Waals surface area contributed by atoms with E-state index in [2.05, 4.69) is 37.9 Å². The van der Waals surface area contributed by atoms with Gasteiger partial charge in [0.2, 0.25) is 5.60 Å². The molecule has 0 amide bonds. The minimum atomic E-state index is -1.70. The van der Waals surface area contributed by atoms with Gasteiger partial charge in [0.25, 0.3) is 0 Å². The smallest absolute Gasteiger partial charge is 0.316 e. The lowest BCUT2D eigenvalue weighted by Crippen LogP contribution is -2.50. The fraction of sp³-hybridized carbons (Fsp3) is 0.789. The second kappa shape index (κ2) is 16.0. The monoisotopic (exact) mass is 516 g/mol. The minimum absolute atomic E-state index is 0.0179. The van der Waals surface area contributed by atoms with Crippen LogP contribution in [0.4, 0.5) is 0 Å². The van der Waals surface area contributed by atoms with E-state index >= 15 is 0 Å². The molecule has 0 aliphatic heterocycles. The number of thiol groups is 3. The Morgan fingerprint density at radius 1 is 0.710 bits per heavy atom. The molecule has 0 rings (SSSR count). The van der Waals surface area contributed by atoms with Crippen LogP contribution in [-0.4, -0.2) is 77.1 Å². The van der Waals surface area contributed by atoms with Crippen molar-refractivity contribution in [2.75, 3.05) is 31.8 Å². The summed E-state index contributed by atoms with van der Waals surface area (Å²) >= 11 is 13.7. The molecule has 0 aromatic rings. The Kier molecular flexibility index (Phi) is 15.6. The summed E-state index contributed by atoms with van der Waals surface area (Å²) in [7, 11) is 0. The molecule has 0 aromatic carbocycles. The first kappa shape index (κ1) is 30.3. The van der Waals surface area contributed by atoms with Gasteiger partial charge in [-0.15, -0.1) is 0 Å². The first-order valence-electron chi connectivity index (χ1n) is 9.61. The SMILES string of the molecule is CSCC(=O)OCC(COC(=O)CC(C)S)(COC(=O)CC(C)S)OC(=O)CC(C)S. The maximum absolute atomic E-state index is 12.4. The van der Waals surface area contributed by atoms with Crippen LogP contribution in [0.1, 0.15) is 40.0 Å². The molecule has 0 bridgehead atoms. The van der Waals surface area contributed by atoms with E-state index in [-0.39, 0.29) is 40.8 Å². The minimum Gasteiger partial charge on any atom is -0.461 e. The molecule has 0 aliphatic carbocycles. The third-order valence-corrected chi connectivity index (χ3v) is 4.54. The van der Waals surface area contributed by atoms with E-state index in [1.807, 2.05) is 0 Å². The standard InChI is InChI=1S/C19H32O8S4/c1-12(28)5-15(20)24-9-19(11-26-18(23)8-31-4,27-17(22)7-14(3)30)10-25-16(21)6-13(2)29/h12-14,28-30H,5-11H2,1-4H3. The average molecular weight is 517 g/mol. The van der Waals surface area contributed by atoms with Crippen LogP contribution >= 0.6 is 49.6 Å². The van der Waals surface area contributed by atoms with Gasteiger partial charge in [0.05, 0.1) is 25.0 Å². The number of thioether (sulfide) groups is 1. The predicted octanol–water partition coefficient (Wildman–Crippen LogP) is 2.39. The molecule has 0 spiro atoms. The van der Waals surface area contributed by atoms with Crippen molar-refractivity contribution in [2.45, 2.75) is 61.4 Å². The Hall–Kier alpha value is -0.720. The zero-order valence-electron chi connectivity index (χ0n) is 18.2. The molecule has 0 radical (unpaired) electrons. The molecular weight excluding hydrogens is 484 g/mol. The molecule has 0 saturated heterocycles. The van der Waals surface area contributed by atoms with E-state index in [4.69, 9.17) is 18.9 Å². The zero-order valence-corrected chi connectivity index (χ0v) is 21.7. The van der Waals surface area contributed by atoms with Gasteiger partial charge in [0, 0.05) is 15.7 Å². The van der Waals surface area contributed by atoms with Gasteiger partial charge in [0.1, 0.15) is 19.8 Å². The van der Waals surface area contributed by atoms with Gasteiger partial charge in [-0.25, -0.2) is 0 Å². The second-order valence-electron chi connectivity index (χ2n) is 7.23. The van der Waals surface area contributed by atoms with Gasteiger partial charge in [0.15, 0.2) is 0 Å². The zero-order chi connectivity index (χ0) is 24.0. The predicted molar refractivity (Wildman–Crippen MR) is 129 cm³/mol. The quantitative estimate of drug-likeness (QED) is 0.172. The average Bonchev–Trinajstić information content (AvgIpc) is 2.61. The highest BCUT2D eigenvalue weighted by Crippen LogP contribution is 2.19. The van der Waals surface area contributed by atoms with Crippen LogP contribution in [0.15, 0.2) is 0 Å². The number of carbonyl (C=O) groups excluding carboxylic acids is 4. The van der Waals surface area contributed by atoms with Crippen LogP contribution in [0, 0.1) is 0 Å². The molecule has 0 fully saturated rings. The lowest BCUT2D eigenvalue weighted by Gasteiger charge is -2.32. The van der Waals surface area contributed by atoms with Crippen LogP contribution in [0.2, 0.25) is 0 Å². The number of esters is 4. The summed E-state index contributed by atoms with van der Waals surface area (Å²) in [6, 6.07) is 0. The Bertz CT molecular complexity index is 569. The van der Waals surface area contributed by atoms with Crippen molar-refractivity contribution in [3.8, 4) is 0 Å². The van der Waals surface area contributed by atoms with Crippen molar-refractivity contribution in [3.63, 3.8) is 0 Å². The third-order valence-electron chi connectivity index (χ3n) is 3.47. The summed E-state index contributed by atoms with van der Waals surface area (Å²) in [6.45, 7) is 3.76. The fourth-order valence-electron chi connectivity index (χ4n) is 2.13. The second-order valence-corrected chi connectivity index (χ2v) is 10.7. The number of hydrogen-bond acceptors (Lipinski definition) is 12. The first-order valence-corrected chi connectivity index (χ1v) is 12.5. The molecule has 3 atom stereocenters. The number of rotatable bonds is 15. The molecule has 3 unspecified atom stereocenters. The highest BCUT2D eigenvalue weighted by Gasteiger charge is 2.40. The summed E-state index contributed by atoms with van der Waals surface area (Å²) < 4.78 is 21.2. The molecule has 0 aromatic heterocycles. The summed E-state index contributed by atoms with van der Waals surface area (Å²) in [5.74, 6) is -2.32. The maximum atomic E-state index is 12.4. The van der Waals surface area contributed by atoms with E-state index in [1.165, 1.54) is 11.8 Å². The van der Waals surface area contributed by atoms with Gasteiger partial charge < -0.3 is 18.9 Å². The fourth-order valence-corrected chi connectivity index (χ4v) is 2.90. The van der Waals surface area contributed by atoms with E-state index in [0.717, 1.165) is 0 Å². The van der Waals surface area contributed by atoms with E-state index < -0.39 is 49.3 Å². The number of carbonyl (C=O) groups is 4. The Balaban J connectivity index is 5.58. The van der Waals surface area contributed by atoms with E-state index in [9.17, 15) is 19.2 Å². The number of ether oxygens (including phenoxy) is 4. The van der Waals surface area contributed by atoms with Crippen LogP contribution < -0.4 is 0 Å². The highest BCUT2D eigenvalue weighted by atomic mass is 32.2. The van der Waals surface area contributed by atoms with Gasteiger partial charge in [-0.2, -0.15) is 49.6 Å². The molecule has 31 heavy (non-hydrogen) atoms. The highest BCUT2D eigenvalue weighted by molar-refractivity contribution is 7.99. The largest absolute Gasteiger partial charge is 0.461 e. The van der Waals surface area contributed by atoms with Crippen molar-refractivity contribution in [2.24, 2.45) is 0 Å². The first-order chi connectivity index (χ1) is 14.4. The Morgan fingerprint density at radius 3 is 1.42 bits per heavy atom. The van der Waals surface area contributed by atoms with Crippen LogP contribution in [-0.2, 0) is 38.1 Å².